The van der Waals surface area contributed by atoms with E-state index < -0.39 is 10.0 Å². The monoisotopic (exact) mass is 312 g/mol. The molecule has 0 saturated carbocycles. The first kappa shape index (κ1) is 15.3. The van der Waals surface area contributed by atoms with Crippen LogP contribution in [0.5, 0.6) is 11.5 Å². The fourth-order valence-corrected chi connectivity index (χ4v) is 2.56. The molecule has 0 aliphatic rings. The summed E-state index contributed by atoms with van der Waals surface area (Å²) in [5, 5.41) is 12.3. The Hall–Kier alpha value is -2.13. The smallest absolute Gasteiger partial charge is 0.273 e. The van der Waals surface area contributed by atoms with Crippen molar-refractivity contribution in [1.82, 2.24) is 14.8 Å². The van der Waals surface area contributed by atoms with Gasteiger partial charge in [-0.3, -0.25) is 0 Å². The Morgan fingerprint density at radius 2 is 1.86 bits per heavy atom. The van der Waals surface area contributed by atoms with Gasteiger partial charge in [0, 0.05) is 13.5 Å². The maximum Gasteiger partial charge on any atom is 0.273 e. The Bertz CT molecular complexity index is 755. The maximum absolute atomic E-state index is 11.3. The van der Waals surface area contributed by atoms with Gasteiger partial charge in [0.25, 0.3) is 15.2 Å². The molecule has 0 aliphatic heterocycles. The highest BCUT2D eigenvalue weighted by Crippen LogP contribution is 2.28. The van der Waals surface area contributed by atoms with Gasteiger partial charge in [0.2, 0.25) is 0 Å². The third-order valence-electron chi connectivity index (χ3n) is 2.99. The lowest BCUT2D eigenvalue weighted by molar-refractivity contribution is 0.354. The van der Waals surface area contributed by atoms with Crippen LogP contribution < -0.4 is 14.6 Å². The van der Waals surface area contributed by atoms with Crippen molar-refractivity contribution in [2.75, 3.05) is 14.2 Å². The molecule has 0 bridgehead atoms. The summed E-state index contributed by atoms with van der Waals surface area (Å²) >= 11 is 0. The average molecular weight is 312 g/mol. The third-order valence-corrected chi connectivity index (χ3v) is 3.85. The largest absolute Gasteiger partial charge is 0.493 e. The number of primary sulfonamides is 1. The standard InChI is InChI=1S/C12H16N4O4S/c1-16-11(14-15-12(16)21(13,17)18)7-8-4-5-9(19-2)10(6-8)20-3/h4-6H,7H2,1-3H3,(H2,13,17,18). The molecule has 0 saturated heterocycles. The maximum atomic E-state index is 11.3. The van der Waals surface area contributed by atoms with E-state index >= 15 is 0 Å². The van der Waals surface area contributed by atoms with E-state index in [4.69, 9.17) is 14.6 Å². The van der Waals surface area contributed by atoms with Gasteiger partial charge >= 0.3 is 0 Å². The summed E-state index contributed by atoms with van der Waals surface area (Å²) in [5.74, 6) is 1.68. The van der Waals surface area contributed by atoms with Crippen LogP contribution in [0, 0.1) is 0 Å². The highest BCUT2D eigenvalue weighted by molar-refractivity contribution is 7.89. The molecule has 9 heteroatoms. The van der Waals surface area contributed by atoms with E-state index in [9.17, 15) is 8.42 Å². The van der Waals surface area contributed by atoms with Gasteiger partial charge in [-0.15, -0.1) is 10.2 Å². The van der Waals surface area contributed by atoms with Crippen LogP contribution in [-0.4, -0.2) is 37.4 Å². The number of methoxy groups -OCH3 is 2. The van der Waals surface area contributed by atoms with Crippen LogP contribution in [0.3, 0.4) is 0 Å². The molecule has 0 atom stereocenters. The fraction of sp³-hybridized carbons (Fsp3) is 0.333. The highest BCUT2D eigenvalue weighted by atomic mass is 32.2. The minimum absolute atomic E-state index is 0.266. The topological polar surface area (TPSA) is 109 Å². The van der Waals surface area contributed by atoms with Crippen LogP contribution in [0.25, 0.3) is 0 Å². The van der Waals surface area contributed by atoms with Crippen LogP contribution in [0.15, 0.2) is 23.4 Å². The Morgan fingerprint density at radius 3 is 2.38 bits per heavy atom. The fourth-order valence-electron chi connectivity index (χ4n) is 1.92. The second kappa shape index (κ2) is 5.70. The van der Waals surface area contributed by atoms with Gasteiger partial charge in [-0.25, -0.2) is 13.6 Å². The molecule has 21 heavy (non-hydrogen) atoms. The van der Waals surface area contributed by atoms with E-state index in [1.165, 1.54) is 4.57 Å². The summed E-state index contributed by atoms with van der Waals surface area (Å²) in [6, 6.07) is 5.40. The van der Waals surface area contributed by atoms with E-state index in [-0.39, 0.29) is 5.16 Å². The van der Waals surface area contributed by atoms with Crippen molar-refractivity contribution >= 4 is 10.0 Å². The molecular weight excluding hydrogens is 296 g/mol. The first-order valence-electron chi connectivity index (χ1n) is 5.98. The number of aromatic nitrogens is 3. The number of hydrogen-bond donors (Lipinski definition) is 1. The summed E-state index contributed by atoms with van der Waals surface area (Å²) in [5.41, 5.74) is 0.879. The van der Waals surface area contributed by atoms with Gasteiger partial charge in [-0.05, 0) is 17.7 Å². The van der Waals surface area contributed by atoms with Gasteiger partial charge in [-0.2, -0.15) is 0 Å². The lowest BCUT2D eigenvalue weighted by Crippen LogP contribution is -2.17. The molecular formula is C12H16N4O4S. The number of hydrogen-bond acceptors (Lipinski definition) is 6. The summed E-state index contributed by atoms with van der Waals surface area (Å²) in [4.78, 5) is 0. The molecule has 1 aromatic heterocycles. The summed E-state index contributed by atoms with van der Waals surface area (Å²) in [6.45, 7) is 0. The molecule has 2 N–H and O–H groups in total. The Morgan fingerprint density at radius 1 is 1.19 bits per heavy atom. The summed E-state index contributed by atoms with van der Waals surface area (Å²) in [7, 11) is 0.766. The van der Waals surface area contributed by atoms with Crippen LogP contribution >= 0.6 is 0 Å². The molecule has 1 aromatic carbocycles. The van der Waals surface area contributed by atoms with E-state index in [1.807, 2.05) is 6.07 Å². The predicted molar refractivity (Wildman–Crippen MR) is 74.7 cm³/mol. The van der Waals surface area contributed by atoms with Crippen molar-refractivity contribution in [2.45, 2.75) is 11.6 Å². The van der Waals surface area contributed by atoms with Crippen molar-refractivity contribution in [3.05, 3.63) is 29.6 Å². The molecule has 2 rings (SSSR count). The molecule has 0 unspecified atom stereocenters. The SMILES string of the molecule is COc1ccc(Cc2nnc(S(N)(=O)=O)n2C)cc1OC. The number of ether oxygens (including phenoxy) is 2. The molecule has 0 amide bonds. The lowest BCUT2D eigenvalue weighted by atomic mass is 10.1. The van der Waals surface area contributed by atoms with E-state index in [2.05, 4.69) is 10.2 Å². The van der Waals surface area contributed by atoms with Gasteiger partial charge in [0.05, 0.1) is 14.2 Å². The van der Waals surface area contributed by atoms with Gasteiger partial charge in [0.1, 0.15) is 5.82 Å². The summed E-state index contributed by atoms with van der Waals surface area (Å²) < 4.78 is 34.4. The number of nitrogens with two attached hydrogens (primary N) is 1. The van der Waals surface area contributed by atoms with Crippen LogP contribution in [0.1, 0.15) is 11.4 Å². The zero-order chi connectivity index (χ0) is 15.6. The van der Waals surface area contributed by atoms with Crippen molar-refractivity contribution in [1.29, 1.82) is 0 Å². The van der Waals surface area contributed by atoms with E-state index in [0.717, 1.165) is 5.56 Å². The number of benzene rings is 1. The molecule has 0 fully saturated rings. The van der Waals surface area contributed by atoms with Crippen molar-refractivity contribution in [3.63, 3.8) is 0 Å². The number of nitrogens with zero attached hydrogens (tertiary/aromatic N) is 3. The van der Waals surface area contributed by atoms with E-state index in [1.54, 1.807) is 33.4 Å². The average Bonchev–Trinajstić information content (AvgIpc) is 2.80. The van der Waals surface area contributed by atoms with Crippen LogP contribution in [0.2, 0.25) is 0 Å². The van der Waals surface area contributed by atoms with Gasteiger partial charge in [0.15, 0.2) is 11.5 Å². The molecule has 1 heterocycles. The first-order valence-corrected chi connectivity index (χ1v) is 7.53. The first-order chi connectivity index (χ1) is 9.86. The second-order valence-corrected chi connectivity index (χ2v) is 5.82. The van der Waals surface area contributed by atoms with Crippen molar-refractivity contribution in [2.24, 2.45) is 12.2 Å². The van der Waals surface area contributed by atoms with Crippen LogP contribution in [-0.2, 0) is 23.5 Å². The molecule has 0 aliphatic carbocycles. The molecule has 0 spiro atoms. The van der Waals surface area contributed by atoms with Crippen molar-refractivity contribution in [3.8, 4) is 11.5 Å². The van der Waals surface area contributed by atoms with Crippen molar-refractivity contribution < 1.29 is 17.9 Å². The predicted octanol–water partition coefficient (Wildman–Crippen LogP) is 0.0705. The number of rotatable bonds is 5. The number of sulfonamides is 1. The summed E-state index contributed by atoms with van der Waals surface area (Å²) in [6.07, 6.45) is 0.388. The minimum Gasteiger partial charge on any atom is -0.493 e. The molecule has 0 radical (unpaired) electrons. The van der Waals surface area contributed by atoms with Crippen LogP contribution in [0.4, 0.5) is 0 Å². The van der Waals surface area contributed by atoms with E-state index in [0.29, 0.717) is 23.7 Å². The normalized spacial score (nSPS) is 11.4. The zero-order valence-electron chi connectivity index (χ0n) is 11.9. The lowest BCUT2D eigenvalue weighted by Gasteiger charge is -2.09. The minimum atomic E-state index is -3.88. The Balaban J connectivity index is 2.33. The quantitative estimate of drug-likeness (QED) is 0.836. The molecule has 114 valence electrons. The van der Waals surface area contributed by atoms with Gasteiger partial charge < -0.3 is 14.0 Å². The molecule has 8 nitrogen and oxygen atoms in total. The second-order valence-electron chi connectivity index (χ2n) is 4.37. The Labute approximate surface area is 122 Å². The zero-order valence-corrected chi connectivity index (χ0v) is 12.7. The Kier molecular flexibility index (Phi) is 4.14. The van der Waals surface area contributed by atoms with Gasteiger partial charge in [-0.1, -0.05) is 6.07 Å². The highest BCUT2D eigenvalue weighted by Gasteiger charge is 2.19. The molecule has 2 aromatic rings. The third kappa shape index (κ3) is 3.14.